The highest BCUT2D eigenvalue weighted by atomic mass is 16.4. The maximum Gasteiger partial charge on any atom is 0.320 e. The first kappa shape index (κ1) is 11.3. The van der Waals surface area contributed by atoms with Gasteiger partial charge in [-0.15, -0.1) is 0 Å². The van der Waals surface area contributed by atoms with Gasteiger partial charge in [0.25, 0.3) is 0 Å². The number of phenolic OH excluding ortho intramolecular Hbond substituents is 2. The maximum absolute atomic E-state index is 10.5. The first-order chi connectivity index (χ1) is 6.91. The summed E-state index contributed by atoms with van der Waals surface area (Å²) in [4.78, 5) is 10.5. The van der Waals surface area contributed by atoms with Gasteiger partial charge >= 0.3 is 5.97 Å². The van der Waals surface area contributed by atoms with Crippen molar-refractivity contribution in [1.82, 2.24) is 0 Å². The molecule has 1 rings (SSSR count). The second-order valence-corrected chi connectivity index (χ2v) is 3.41. The molecule has 0 heterocycles. The van der Waals surface area contributed by atoms with E-state index in [2.05, 4.69) is 0 Å². The van der Waals surface area contributed by atoms with Gasteiger partial charge in [-0.3, -0.25) is 4.79 Å². The van der Waals surface area contributed by atoms with E-state index in [9.17, 15) is 9.90 Å². The van der Waals surface area contributed by atoms with E-state index in [4.69, 9.17) is 15.9 Å². The summed E-state index contributed by atoms with van der Waals surface area (Å²) >= 11 is 0. The summed E-state index contributed by atoms with van der Waals surface area (Å²) in [7, 11) is 0. The quantitative estimate of drug-likeness (QED) is 0.578. The molecule has 0 aliphatic carbocycles. The molecule has 5 heteroatoms. The normalized spacial score (nSPS) is 12.4. The van der Waals surface area contributed by atoms with Crippen LogP contribution in [0.5, 0.6) is 11.5 Å². The SMILES string of the molecule is Cc1cc(O)cc(O)c1C[C@H](N)C(=O)O. The molecule has 15 heavy (non-hydrogen) atoms. The van der Waals surface area contributed by atoms with Crippen LogP contribution in [0, 0.1) is 6.92 Å². The van der Waals surface area contributed by atoms with Crippen molar-refractivity contribution < 1.29 is 20.1 Å². The number of aliphatic carboxylic acids is 1. The van der Waals surface area contributed by atoms with Crippen molar-refractivity contribution in [1.29, 1.82) is 0 Å². The first-order valence-electron chi connectivity index (χ1n) is 4.41. The number of benzene rings is 1. The minimum absolute atomic E-state index is 0.0350. The summed E-state index contributed by atoms with van der Waals surface area (Å²) in [6, 6.07) is 1.56. The highest BCUT2D eigenvalue weighted by Gasteiger charge is 2.16. The summed E-state index contributed by atoms with van der Waals surface area (Å²) < 4.78 is 0. The van der Waals surface area contributed by atoms with Crippen LogP contribution in [0.1, 0.15) is 11.1 Å². The number of aromatic hydroxyl groups is 2. The third kappa shape index (κ3) is 2.60. The second kappa shape index (κ2) is 4.18. The number of hydrogen-bond acceptors (Lipinski definition) is 4. The van der Waals surface area contributed by atoms with E-state index in [1.54, 1.807) is 6.92 Å². The minimum atomic E-state index is -1.12. The van der Waals surface area contributed by atoms with Gasteiger partial charge in [0, 0.05) is 12.5 Å². The Hall–Kier alpha value is -1.75. The predicted octanol–water partition coefficient (Wildman–Crippen LogP) is 0.361. The summed E-state index contributed by atoms with van der Waals surface area (Å²) in [5.74, 6) is -1.32. The third-order valence-electron chi connectivity index (χ3n) is 2.18. The molecule has 0 aliphatic rings. The van der Waals surface area contributed by atoms with Crippen LogP contribution in [0.15, 0.2) is 12.1 Å². The van der Waals surface area contributed by atoms with Gasteiger partial charge in [0.2, 0.25) is 0 Å². The molecule has 1 aromatic rings. The molecule has 0 saturated heterocycles. The van der Waals surface area contributed by atoms with Crippen molar-refractivity contribution in [2.45, 2.75) is 19.4 Å². The van der Waals surface area contributed by atoms with Gasteiger partial charge in [-0.25, -0.2) is 0 Å². The highest BCUT2D eigenvalue weighted by molar-refractivity contribution is 5.73. The predicted molar refractivity (Wildman–Crippen MR) is 53.8 cm³/mol. The number of phenols is 2. The Bertz CT molecular complexity index is 366. The number of nitrogens with two attached hydrogens (primary N) is 1. The Morgan fingerprint density at radius 2 is 2.07 bits per heavy atom. The minimum Gasteiger partial charge on any atom is -0.508 e. The zero-order valence-corrected chi connectivity index (χ0v) is 8.27. The van der Waals surface area contributed by atoms with Crippen LogP contribution in [-0.2, 0) is 11.2 Å². The zero-order chi connectivity index (χ0) is 11.6. The van der Waals surface area contributed by atoms with E-state index in [0.717, 1.165) is 6.07 Å². The number of carboxylic acids is 1. The first-order valence-corrected chi connectivity index (χ1v) is 4.41. The van der Waals surface area contributed by atoms with Gasteiger partial charge in [0.1, 0.15) is 17.5 Å². The summed E-state index contributed by atoms with van der Waals surface area (Å²) in [5.41, 5.74) is 6.41. The van der Waals surface area contributed by atoms with Crippen molar-refractivity contribution in [3.63, 3.8) is 0 Å². The molecule has 0 unspecified atom stereocenters. The Labute approximate surface area is 86.8 Å². The average Bonchev–Trinajstić information content (AvgIpc) is 2.10. The lowest BCUT2D eigenvalue weighted by Crippen LogP contribution is -2.32. The highest BCUT2D eigenvalue weighted by Crippen LogP contribution is 2.27. The van der Waals surface area contributed by atoms with Gasteiger partial charge in [0.05, 0.1) is 0 Å². The Balaban J connectivity index is 3.00. The fourth-order valence-corrected chi connectivity index (χ4v) is 1.35. The summed E-state index contributed by atoms with van der Waals surface area (Å²) in [6.45, 7) is 1.67. The molecule has 0 amide bonds. The van der Waals surface area contributed by atoms with E-state index < -0.39 is 12.0 Å². The number of rotatable bonds is 3. The lowest BCUT2D eigenvalue weighted by atomic mass is 10.00. The molecule has 0 radical (unpaired) electrons. The van der Waals surface area contributed by atoms with E-state index >= 15 is 0 Å². The molecular formula is C10H13NO4. The standard InChI is InChI=1S/C10H13NO4/c1-5-2-6(12)3-9(13)7(5)4-8(11)10(14)15/h2-3,8,12-13H,4,11H2,1H3,(H,14,15)/t8-/m0/s1. The fraction of sp³-hybridized carbons (Fsp3) is 0.300. The number of carbonyl (C=O) groups is 1. The molecule has 5 nitrogen and oxygen atoms in total. The number of carboxylic acid groups (broad SMARTS) is 1. The Morgan fingerprint density at radius 3 is 2.53 bits per heavy atom. The topological polar surface area (TPSA) is 104 Å². The molecule has 0 bridgehead atoms. The number of aryl methyl sites for hydroxylation is 1. The molecule has 0 saturated carbocycles. The van der Waals surface area contributed by atoms with E-state index in [1.807, 2.05) is 0 Å². The summed E-state index contributed by atoms with van der Waals surface area (Å²) in [6.07, 6.45) is 0.0350. The molecule has 0 spiro atoms. The molecule has 1 aromatic carbocycles. The molecule has 0 fully saturated rings. The largest absolute Gasteiger partial charge is 0.508 e. The van der Waals surface area contributed by atoms with Crippen LogP contribution in [0.2, 0.25) is 0 Å². The third-order valence-corrected chi connectivity index (χ3v) is 2.18. The second-order valence-electron chi connectivity index (χ2n) is 3.41. The van der Waals surface area contributed by atoms with Gasteiger partial charge in [-0.2, -0.15) is 0 Å². The maximum atomic E-state index is 10.5. The molecule has 5 N–H and O–H groups in total. The van der Waals surface area contributed by atoms with Crippen LogP contribution >= 0.6 is 0 Å². The molecule has 0 aromatic heterocycles. The Kier molecular flexibility index (Phi) is 3.16. The monoisotopic (exact) mass is 211 g/mol. The van der Waals surface area contributed by atoms with Crippen LogP contribution in [0.3, 0.4) is 0 Å². The van der Waals surface area contributed by atoms with Crippen LogP contribution in [-0.4, -0.2) is 27.3 Å². The van der Waals surface area contributed by atoms with Crippen molar-refractivity contribution >= 4 is 5.97 Å². The van der Waals surface area contributed by atoms with Crippen molar-refractivity contribution in [2.75, 3.05) is 0 Å². The van der Waals surface area contributed by atoms with Gasteiger partial charge in [0.15, 0.2) is 0 Å². The fourth-order valence-electron chi connectivity index (χ4n) is 1.35. The molecule has 0 aliphatic heterocycles. The lowest BCUT2D eigenvalue weighted by Gasteiger charge is -2.11. The molecule has 1 atom stereocenters. The van der Waals surface area contributed by atoms with Gasteiger partial charge in [-0.05, 0) is 24.1 Å². The Morgan fingerprint density at radius 1 is 1.47 bits per heavy atom. The van der Waals surface area contributed by atoms with Crippen molar-refractivity contribution in [3.05, 3.63) is 23.3 Å². The number of hydrogen-bond donors (Lipinski definition) is 4. The van der Waals surface area contributed by atoms with E-state index in [1.165, 1.54) is 6.07 Å². The molecule has 82 valence electrons. The lowest BCUT2D eigenvalue weighted by molar-refractivity contribution is -0.138. The van der Waals surface area contributed by atoms with Crippen molar-refractivity contribution in [2.24, 2.45) is 5.73 Å². The molecular weight excluding hydrogens is 198 g/mol. The smallest absolute Gasteiger partial charge is 0.320 e. The van der Waals surface area contributed by atoms with Crippen LogP contribution < -0.4 is 5.73 Å². The van der Waals surface area contributed by atoms with Gasteiger partial charge in [-0.1, -0.05) is 0 Å². The van der Waals surface area contributed by atoms with Crippen LogP contribution in [0.25, 0.3) is 0 Å². The van der Waals surface area contributed by atoms with Crippen molar-refractivity contribution in [3.8, 4) is 11.5 Å². The summed E-state index contributed by atoms with van der Waals surface area (Å²) in [5, 5.41) is 27.3. The van der Waals surface area contributed by atoms with Gasteiger partial charge < -0.3 is 21.1 Å². The zero-order valence-electron chi connectivity index (χ0n) is 8.27. The average molecular weight is 211 g/mol. The van der Waals surface area contributed by atoms with E-state index in [-0.39, 0.29) is 17.9 Å². The van der Waals surface area contributed by atoms with Crippen LogP contribution in [0.4, 0.5) is 0 Å². The van der Waals surface area contributed by atoms with E-state index in [0.29, 0.717) is 11.1 Å².